The lowest BCUT2D eigenvalue weighted by molar-refractivity contribution is 0.297. The highest BCUT2D eigenvalue weighted by Gasteiger charge is 2.35. The van der Waals surface area contributed by atoms with Crippen LogP contribution in [0.1, 0.15) is 25.7 Å². The van der Waals surface area contributed by atoms with Crippen LogP contribution in [0.15, 0.2) is 34.2 Å². The third-order valence-corrected chi connectivity index (χ3v) is 5.58. The Morgan fingerprint density at radius 2 is 1.83 bits per heavy atom. The third-order valence-electron chi connectivity index (χ3n) is 5.58. The molecule has 1 aliphatic carbocycles. The standard InChI is InChI=1S/C18H22N4O2/c1-21-15-9-5-4-8-14(15)17(19-16(20-24)18(21)23)22-10-12-6-2-3-7-13(12)11-22/h4-5,8-9,12-13,24H,2-3,6-7,10-11H2,1H3. The molecule has 6 nitrogen and oxygen atoms in total. The molecule has 1 saturated heterocycles. The summed E-state index contributed by atoms with van der Waals surface area (Å²) in [5.74, 6) is 2.17. The molecule has 0 amide bonds. The average Bonchev–Trinajstić information content (AvgIpc) is 3.01. The van der Waals surface area contributed by atoms with Gasteiger partial charge in [-0.1, -0.05) is 30.1 Å². The molecule has 2 fully saturated rings. The van der Waals surface area contributed by atoms with Crippen LogP contribution in [0.2, 0.25) is 0 Å². The quantitative estimate of drug-likeness (QED) is 0.641. The third kappa shape index (κ3) is 2.37. The van der Waals surface area contributed by atoms with Crippen molar-refractivity contribution in [3.8, 4) is 0 Å². The number of aromatic nitrogens is 2. The Kier molecular flexibility index (Phi) is 3.75. The van der Waals surface area contributed by atoms with Crippen molar-refractivity contribution in [1.82, 2.24) is 9.55 Å². The Balaban J connectivity index is 1.94. The van der Waals surface area contributed by atoms with Gasteiger partial charge < -0.3 is 14.7 Å². The summed E-state index contributed by atoms with van der Waals surface area (Å²) in [5.41, 5.74) is 0.255. The minimum atomic E-state index is -0.392. The zero-order valence-corrected chi connectivity index (χ0v) is 13.9. The number of benzene rings is 1. The van der Waals surface area contributed by atoms with E-state index in [4.69, 9.17) is 0 Å². The lowest BCUT2D eigenvalue weighted by atomic mass is 9.82. The predicted molar refractivity (Wildman–Crippen MR) is 92.0 cm³/mol. The Hall–Kier alpha value is -2.37. The van der Waals surface area contributed by atoms with Crippen LogP contribution in [0.4, 0.5) is 5.82 Å². The fourth-order valence-electron chi connectivity index (χ4n) is 4.31. The summed E-state index contributed by atoms with van der Waals surface area (Å²) in [6.45, 7) is 1.93. The number of nitrogens with zero attached hydrogens (tertiary/aromatic N) is 4. The van der Waals surface area contributed by atoms with E-state index >= 15 is 0 Å². The topological polar surface area (TPSA) is 70.7 Å². The number of rotatable bonds is 1. The molecule has 2 unspecified atom stereocenters. The molecule has 4 rings (SSSR count). The zero-order chi connectivity index (χ0) is 16.7. The molecule has 1 aliphatic heterocycles. The van der Waals surface area contributed by atoms with Crippen molar-refractivity contribution in [2.75, 3.05) is 18.0 Å². The van der Waals surface area contributed by atoms with Crippen LogP contribution in [-0.2, 0) is 7.05 Å². The maximum atomic E-state index is 12.5. The van der Waals surface area contributed by atoms with Crippen LogP contribution in [0.5, 0.6) is 0 Å². The first-order valence-corrected chi connectivity index (χ1v) is 8.62. The molecule has 1 N–H and O–H groups in total. The maximum absolute atomic E-state index is 12.5. The molecular weight excluding hydrogens is 304 g/mol. The fraction of sp³-hybridized carbons (Fsp3) is 0.500. The average molecular weight is 326 g/mol. The summed E-state index contributed by atoms with van der Waals surface area (Å²) < 4.78 is 1.50. The molecule has 1 saturated carbocycles. The van der Waals surface area contributed by atoms with E-state index in [-0.39, 0.29) is 5.49 Å². The first kappa shape index (κ1) is 15.2. The van der Waals surface area contributed by atoms with Crippen LogP contribution < -0.4 is 15.9 Å². The second-order valence-corrected chi connectivity index (χ2v) is 6.95. The van der Waals surface area contributed by atoms with Gasteiger partial charge in [0.25, 0.3) is 11.0 Å². The zero-order valence-electron chi connectivity index (χ0n) is 13.9. The molecule has 0 bridgehead atoms. The van der Waals surface area contributed by atoms with Gasteiger partial charge in [0.1, 0.15) is 5.82 Å². The van der Waals surface area contributed by atoms with Gasteiger partial charge in [-0.2, -0.15) is 0 Å². The molecule has 0 spiro atoms. The minimum absolute atomic E-state index is 0.154. The highest BCUT2D eigenvalue weighted by Crippen LogP contribution is 2.38. The number of hydrogen-bond donors (Lipinski definition) is 1. The summed E-state index contributed by atoms with van der Waals surface area (Å²) in [5, 5.41) is 13.3. The van der Waals surface area contributed by atoms with Gasteiger partial charge >= 0.3 is 0 Å². The van der Waals surface area contributed by atoms with Gasteiger partial charge in [0.05, 0.1) is 5.52 Å². The number of fused-ring (bicyclic) bond motifs is 2. The highest BCUT2D eigenvalue weighted by atomic mass is 16.4. The number of aryl methyl sites for hydroxylation is 1. The van der Waals surface area contributed by atoms with Crippen LogP contribution in [0, 0.1) is 11.8 Å². The molecular formula is C18H22N4O2. The number of anilines is 1. The molecule has 1 aromatic heterocycles. The first-order chi connectivity index (χ1) is 11.7. The van der Waals surface area contributed by atoms with E-state index in [9.17, 15) is 10.0 Å². The van der Waals surface area contributed by atoms with Gasteiger partial charge in [-0.3, -0.25) is 4.79 Å². The highest BCUT2D eigenvalue weighted by molar-refractivity contribution is 5.89. The second kappa shape index (κ2) is 5.92. The molecule has 0 radical (unpaired) electrons. The van der Waals surface area contributed by atoms with Crippen LogP contribution >= 0.6 is 0 Å². The minimum Gasteiger partial charge on any atom is -0.409 e. The molecule has 2 aliphatic rings. The van der Waals surface area contributed by atoms with Gasteiger partial charge in [-0.05, 0) is 36.8 Å². The predicted octanol–water partition coefficient (Wildman–Crippen LogP) is 1.85. The number of hydrogen-bond acceptors (Lipinski definition) is 5. The normalized spacial score (nSPS) is 24.4. The van der Waals surface area contributed by atoms with Crippen molar-refractivity contribution >= 4 is 16.7 Å². The van der Waals surface area contributed by atoms with E-state index in [1.54, 1.807) is 7.05 Å². The molecule has 2 heterocycles. The Labute approximate surface area is 140 Å². The van der Waals surface area contributed by atoms with E-state index in [0.29, 0.717) is 11.8 Å². The van der Waals surface area contributed by atoms with Crippen molar-refractivity contribution in [3.63, 3.8) is 0 Å². The monoisotopic (exact) mass is 326 g/mol. The van der Waals surface area contributed by atoms with E-state index in [2.05, 4.69) is 15.0 Å². The summed E-state index contributed by atoms with van der Waals surface area (Å²) in [7, 11) is 1.69. The van der Waals surface area contributed by atoms with Crippen LogP contribution in [-0.4, -0.2) is 27.8 Å². The summed E-state index contributed by atoms with van der Waals surface area (Å²) in [4.78, 5) is 19.2. The summed E-state index contributed by atoms with van der Waals surface area (Å²) >= 11 is 0. The van der Waals surface area contributed by atoms with Crippen LogP contribution in [0.25, 0.3) is 10.9 Å². The van der Waals surface area contributed by atoms with Crippen molar-refractivity contribution in [1.29, 1.82) is 0 Å². The Morgan fingerprint density at radius 3 is 2.50 bits per heavy atom. The first-order valence-electron chi connectivity index (χ1n) is 8.62. The van der Waals surface area contributed by atoms with E-state index < -0.39 is 5.56 Å². The second-order valence-electron chi connectivity index (χ2n) is 6.95. The van der Waals surface area contributed by atoms with Crippen molar-refractivity contribution < 1.29 is 5.21 Å². The Bertz CT molecular complexity index is 891. The van der Waals surface area contributed by atoms with Crippen molar-refractivity contribution in [2.45, 2.75) is 25.7 Å². The largest absolute Gasteiger partial charge is 0.409 e. The smallest absolute Gasteiger partial charge is 0.299 e. The Morgan fingerprint density at radius 1 is 1.17 bits per heavy atom. The van der Waals surface area contributed by atoms with Gasteiger partial charge in [0, 0.05) is 25.5 Å². The van der Waals surface area contributed by atoms with Crippen LogP contribution in [0.3, 0.4) is 0 Å². The molecule has 6 heteroatoms. The number of para-hydroxylation sites is 1. The van der Waals surface area contributed by atoms with Gasteiger partial charge in [0.2, 0.25) is 0 Å². The fourth-order valence-corrected chi connectivity index (χ4v) is 4.31. The van der Waals surface area contributed by atoms with E-state index in [1.165, 1.54) is 30.3 Å². The SMILES string of the molecule is Cn1c(=O)c(=NO)nc(N2CC3CCCCC3C2)c2ccccc21. The van der Waals surface area contributed by atoms with Crippen molar-refractivity contribution in [3.05, 3.63) is 40.1 Å². The molecule has 2 atom stereocenters. The summed E-state index contributed by atoms with van der Waals surface area (Å²) in [6.07, 6.45) is 5.16. The van der Waals surface area contributed by atoms with Gasteiger partial charge in [-0.15, -0.1) is 0 Å². The van der Waals surface area contributed by atoms with Gasteiger partial charge in [0.15, 0.2) is 0 Å². The lowest BCUT2D eigenvalue weighted by Crippen LogP contribution is -2.33. The molecule has 126 valence electrons. The molecule has 1 aromatic carbocycles. The van der Waals surface area contributed by atoms with E-state index in [1.807, 2.05) is 24.3 Å². The van der Waals surface area contributed by atoms with Crippen molar-refractivity contribution in [2.24, 2.45) is 24.0 Å². The summed E-state index contributed by atoms with van der Waals surface area (Å²) in [6, 6.07) is 7.76. The van der Waals surface area contributed by atoms with E-state index in [0.717, 1.165) is 29.8 Å². The van der Waals surface area contributed by atoms with Gasteiger partial charge in [-0.25, -0.2) is 4.98 Å². The molecule has 2 aromatic rings. The maximum Gasteiger partial charge on any atom is 0.299 e. The molecule has 24 heavy (non-hydrogen) atoms. The lowest BCUT2D eigenvalue weighted by Gasteiger charge is -2.22.